The van der Waals surface area contributed by atoms with Crippen molar-refractivity contribution in [3.63, 3.8) is 0 Å². The van der Waals surface area contributed by atoms with Gasteiger partial charge in [-0.3, -0.25) is 10.1 Å². The molecule has 0 bridgehead atoms. The van der Waals surface area contributed by atoms with E-state index >= 15 is 0 Å². The first kappa shape index (κ1) is 11.1. The molecule has 0 saturated carbocycles. The van der Waals surface area contributed by atoms with Crippen molar-refractivity contribution in [2.24, 2.45) is 0 Å². The zero-order chi connectivity index (χ0) is 12.3. The minimum atomic E-state index is -0.422. The summed E-state index contributed by atoms with van der Waals surface area (Å²) in [5.74, 6) is 0.721. The van der Waals surface area contributed by atoms with Gasteiger partial charge in [0.2, 0.25) is 0 Å². The lowest BCUT2D eigenvalue weighted by Gasteiger charge is -2.05. The van der Waals surface area contributed by atoms with Crippen LogP contribution in [-0.2, 0) is 0 Å². The van der Waals surface area contributed by atoms with E-state index in [0.717, 1.165) is 17.2 Å². The van der Waals surface area contributed by atoms with Gasteiger partial charge in [-0.1, -0.05) is 6.07 Å². The number of aryl methyl sites for hydroxylation is 1. The molecule has 1 aromatic carbocycles. The van der Waals surface area contributed by atoms with Gasteiger partial charge in [0.15, 0.2) is 0 Å². The number of nitro benzene ring substituents is 1. The Kier molecular flexibility index (Phi) is 3.00. The van der Waals surface area contributed by atoms with Crippen LogP contribution in [0.2, 0.25) is 0 Å². The van der Waals surface area contributed by atoms with Gasteiger partial charge in [-0.25, -0.2) is 4.98 Å². The van der Waals surface area contributed by atoms with Crippen molar-refractivity contribution in [1.82, 2.24) is 4.98 Å². The van der Waals surface area contributed by atoms with Crippen molar-refractivity contribution < 1.29 is 4.92 Å². The maximum absolute atomic E-state index is 10.5. The highest BCUT2D eigenvalue weighted by Gasteiger charge is 2.04. The molecule has 0 unspecified atom stereocenters. The lowest BCUT2D eigenvalue weighted by atomic mass is 10.3. The molecule has 0 radical (unpaired) electrons. The molecular weight excluding hydrogens is 218 g/mol. The van der Waals surface area contributed by atoms with Crippen LogP contribution >= 0.6 is 0 Å². The molecule has 5 heteroatoms. The van der Waals surface area contributed by atoms with Crippen LogP contribution in [0.4, 0.5) is 17.2 Å². The highest BCUT2D eigenvalue weighted by atomic mass is 16.6. The molecule has 0 atom stereocenters. The maximum atomic E-state index is 10.5. The predicted octanol–water partition coefficient (Wildman–Crippen LogP) is 3.04. The quantitative estimate of drug-likeness (QED) is 0.648. The summed E-state index contributed by atoms with van der Waals surface area (Å²) < 4.78 is 0. The molecular formula is C12H11N3O2. The first-order valence-corrected chi connectivity index (χ1v) is 5.10. The van der Waals surface area contributed by atoms with Gasteiger partial charge in [-0.05, 0) is 31.2 Å². The molecule has 5 nitrogen and oxygen atoms in total. The van der Waals surface area contributed by atoms with E-state index in [1.54, 1.807) is 12.1 Å². The second-order valence-electron chi connectivity index (χ2n) is 3.59. The zero-order valence-corrected chi connectivity index (χ0v) is 9.25. The average molecular weight is 229 g/mol. The van der Waals surface area contributed by atoms with E-state index < -0.39 is 4.92 Å². The van der Waals surface area contributed by atoms with Crippen LogP contribution < -0.4 is 5.32 Å². The van der Waals surface area contributed by atoms with Crippen LogP contribution in [-0.4, -0.2) is 9.91 Å². The number of pyridine rings is 1. The minimum Gasteiger partial charge on any atom is -0.340 e. The number of benzene rings is 1. The molecule has 1 heterocycles. The number of aromatic nitrogens is 1. The molecule has 0 fully saturated rings. The fourth-order valence-electron chi connectivity index (χ4n) is 1.43. The molecule has 1 aromatic heterocycles. The third-order valence-corrected chi connectivity index (χ3v) is 2.24. The van der Waals surface area contributed by atoms with Gasteiger partial charge >= 0.3 is 0 Å². The largest absolute Gasteiger partial charge is 0.340 e. The summed E-state index contributed by atoms with van der Waals surface area (Å²) in [6.45, 7) is 1.90. The van der Waals surface area contributed by atoms with Crippen LogP contribution in [0.3, 0.4) is 0 Å². The number of nitrogens with one attached hydrogen (secondary N) is 1. The van der Waals surface area contributed by atoms with Gasteiger partial charge in [0, 0.05) is 23.5 Å². The van der Waals surface area contributed by atoms with Crippen molar-refractivity contribution in [2.45, 2.75) is 6.92 Å². The lowest BCUT2D eigenvalue weighted by Crippen LogP contribution is -1.94. The van der Waals surface area contributed by atoms with Gasteiger partial charge in [0.1, 0.15) is 5.82 Å². The van der Waals surface area contributed by atoms with Gasteiger partial charge < -0.3 is 5.32 Å². The number of nitrogens with zero attached hydrogens (tertiary/aromatic N) is 2. The Balaban J connectivity index is 2.16. The first-order valence-electron chi connectivity index (χ1n) is 5.10. The van der Waals surface area contributed by atoms with Crippen LogP contribution in [0, 0.1) is 17.0 Å². The SMILES string of the molecule is Cc1cccc(Nc2ccc([N+](=O)[O-])cc2)n1. The molecule has 1 N–H and O–H groups in total. The average Bonchev–Trinajstić information content (AvgIpc) is 2.29. The standard InChI is InChI=1S/C12H11N3O2/c1-9-3-2-4-12(13-9)14-10-5-7-11(8-6-10)15(16)17/h2-8H,1H3,(H,13,14). The normalized spacial score (nSPS) is 9.94. The maximum Gasteiger partial charge on any atom is 0.269 e. The Bertz CT molecular complexity index is 538. The van der Waals surface area contributed by atoms with Crippen LogP contribution in [0.5, 0.6) is 0 Å². The van der Waals surface area contributed by atoms with E-state index in [-0.39, 0.29) is 5.69 Å². The molecule has 0 saturated heterocycles. The summed E-state index contributed by atoms with van der Waals surface area (Å²) >= 11 is 0. The van der Waals surface area contributed by atoms with Gasteiger partial charge in [-0.2, -0.15) is 0 Å². The van der Waals surface area contributed by atoms with E-state index in [1.165, 1.54) is 12.1 Å². The van der Waals surface area contributed by atoms with Crippen LogP contribution in [0.15, 0.2) is 42.5 Å². The summed E-state index contributed by atoms with van der Waals surface area (Å²) in [6, 6.07) is 11.9. The number of non-ortho nitro benzene ring substituents is 1. The molecule has 2 rings (SSSR count). The predicted molar refractivity (Wildman–Crippen MR) is 65.4 cm³/mol. The number of hydrogen-bond donors (Lipinski definition) is 1. The Hall–Kier alpha value is -2.43. The van der Waals surface area contributed by atoms with E-state index in [1.807, 2.05) is 25.1 Å². The third kappa shape index (κ3) is 2.78. The summed E-state index contributed by atoms with van der Waals surface area (Å²) in [5, 5.41) is 13.6. The second kappa shape index (κ2) is 4.61. The fourth-order valence-corrected chi connectivity index (χ4v) is 1.43. The van der Waals surface area contributed by atoms with Crippen molar-refractivity contribution in [3.05, 3.63) is 58.3 Å². The van der Waals surface area contributed by atoms with Gasteiger partial charge in [-0.15, -0.1) is 0 Å². The van der Waals surface area contributed by atoms with Gasteiger partial charge in [0.05, 0.1) is 4.92 Å². The third-order valence-electron chi connectivity index (χ3n) is 2.24. The monoisotopic (exact) mass is 229 g/mol. The van der Waals surface area contributed by atoms with Crippen molar-refractivity contribution in [1.29, 1.82) is 0 Å². The highest BCUT2D eigenvalue weighted by molar-refractivity contribution is 5.57. The van der Waals surface area contributed by atoms with Crippen molar-refractivity contribution in [3.8, 4) is 0 Å². The van der Waals surface area contributed by atoms with Crippen molar-refractivity contribution in [2.75, 3.05) is 5.32 Å². The van der Waals surface area contributed by atoms with E-state index in [9.17, 15) is 10.1 Å². The van der Waals surface area contributed by atoms with E-state index in [0.29, 0.717) is 0 Å². The molecule has 0 aliphatic heterocycles. The Morgan fingerprint density at radius 3 is 2.47 bits per heavy atom. The Morgan fingerprint density at radius 1 is 1.18 bits per heavy atom. The minimum absolute atomic E-state index is 0.0766. The summed E-state index contributed by atoms with van der Waals surface area (Å²) in [4.78, 5) is 14.3. The first-order chi connectivity index (χ1) is 8.15. The summed E-state index contributed by atoms with van der Waals surface area (Å²) in [5.41, 5.74) is 1.76. The van der Waals surface area contributed by atoms with E-state index in [4.69, 9.17) is 0 Å². The number of rotatable bonds is 3. The highest BCUT2D eigenvalue weighted by Crippen LogP contribution is 2.18. The van der Waals surface area contributed by atoms with Crippen LogP contribution in [0.1, 0.15) is 5.69 Å². The lowest BCUT2D eigenvalue weighted by molar-refractivity contribution is -0.384. The van der Waals surface area contributed by atoms with Crippen LogP contribution in [0.25, 0.3) is 0 Å². The molecule has 0 amide bonds. The molecule has 17 heavy (non-hydrogen) atoms. The second-order valence-corrected chi connectivity index (χ2v) is 3.59. The Morgan fingerprint density at radius 2 is 1.88 bits per heavy atom. The smallest absolute Gasteiger partial charge is 0.269 e. The zero-order valence-electron chi connectivity index (χ0n) is 9.25. The fraction of sp³-hybridized carbons (Fsp3) is 0.0833. The molecule has 2 aromatic rings. The molecule has 0 spiro atoms. The molecule has 0 aliphatic carbocycles. The molecule has 0 aliphatic rings. The number of anilines is 2. The molecule has 86 valence electrons. The number of nitro groups is 1. The summed E-state index contributed by atoms with van der Waals surface area (Å²) in [6.07, 6.45) is 0. The van der Waals surface area contributed by atoms with E-state index in [2.05, 4.69) is 10.3 Å². The number of hydrogen-bond acceptors (Lipinski definition) is 4. The Labute approximate surface area is 98.3 Å². The van der Waals surface area contributed by atoms with Crippen molar-refractivity contribution >= 4 is 17.2 Å². The summed E-state index contributed by atoms with van der Waals surface area (Å²) in [7, 11) is 0. The van der Waals surface area contributed by atoms with Gasteiger partial charge in [0.25, 0.3) is 5.69 Å². The topological polar surface area (TPSA) is 68.1 Å².